The molecule has 0 aliphatic rings. The van der Waals surface area contributed by atoms with Gasteiger partial charge in [0.1, 0.15) is 0 Å². The molecule has 0 saturated heterocycles. The third-order valence-corrected chi connectivity index (χ3v) is 4.73. The van der Waals surface area contributed by atoms with Gasteiger partial charge < -0.3 is 11.1 Å². The van der Waals surface area contributed by atoms with Crippen LogP contribution in [0.5, 0.6) is 0 Å². The number of anilines is 1. The minimum atomic E-state index is -0.946. The number of benzene rings is 2. The van der Waals surface area contributed by atoms with Crippen molar-refractivity contribution in [3.63, 3.8) is 0 Å². The summed E-state index contributed by atoms with van der Waals surface area (Å²) < 4.78 is 0. The van der Waals surface area contributed by atoms with E-state index in [-0.39, 0.29) is 5.91 Å². The summed E-state index contributed by atoms with van der Waals surface area (Å²) in [7, 11) is 0. The molecule has 25 heavy (non-hydrogen) atoms. The molecule has 5 heteroatoms. The average molecular weight is 351 g/mol. The Bertz CT molecular complexity index is 852. The van der Waals surface area contributed by atoms with Gasteiger partial charge in [0, 0.05) is 16.9 Å². The van der Waals surface area contributed by atoms with Crippen molar-refractivity contribution in [1.29, 1.82) is 0 Å². The van der Waals surface area contributed by atoms with Crippen LogP contribution < -0.4 is 11.1 Å². The highest BCUT2D eigenvalue weighted by molar-refractivity contribution is 7.16. The minimum absolute atomic E-state index is 0.243. The maximum Gasteiger partial charge on any atom is 0.245 e. The van der Waals surface area contributed by atoms with Crippen LogP contribution in [0, 0.1) is 0 Å². The van der Waals surface area contributed by atoms with E-state index in [2.05, 4.69) is 22.4 Å². The van der Waals surface area contributed by atoms with E-state index in [0.717, 1.165) is 22.6 Å². The highest BCUT2D eigenvalue weighted by atomic mass is 32.1. The number of nitrogens with zero attached hydrogens (tertiary/aromatic N) is 1. The Morgan fingerprint density at radius 1 is 1.08 bits per heavy atom. The molecule has 3 N–H and O–H groups in total. The van der Waals surface area contributed by atoms with E-state index in [4.69, 9.17) is 5.73 Å². The molecule has 0 aliphatic heterocycles. The zero-order valence-electron chi connectivity index (χ0n) is 14.3. The Morgan fingerprint density at radius 2 is 1.68 bits per heavy atom. The highest BCUT2D eigenvalue weighted by Gasteiger charge is 2.24. The predicted octanol–water partition coefficient (Wildman–Crippen LogP) is 4.08. The third-order valence-electron chi connectivity index (χ3n) is 3.76. The zero-order valence-corrected chi connectivity index (χ0v) is 15.1. The number of carbonyl (C=O) groups is 1. The maximum atomic E-state index is 12.2. The molecule has 1 aromatic heterocycles. The van der Waals surface area contributed by atoms with Crippen LogP contribution in [0.1, 0.15) is 24.3 Å². The second kappa shape index (κ2) is 7.17. The van der Waals surface area contributed by atoms with Crippen molar-refractivity contribution in [2.24, 2.45) is 5.73 Å². The summed E-state index contributed by atoms with van der Waals surface area (Å²) in [6.45, 7) is 3.36. The molecule has 0 unspecified atom stereocenters. The molecular formula is C20H21N3OS. The first kappa shape index (κ1) is 17.3. The normalized spacial score (nSPS) is 11.3. The van der Waals surface area contributed by atoms with E-state index < -0.39 is 5.54 Å². The van der Waals surface area contributed by atoms with E-state index in [0.29, 0.717) is 5.13 Å². The topological polar surface area (TPSA) is 68.0 Å². The smallest absolute Gasteiger partial charge is 0.245 e. The number of hydrogen-bond donors (Lipinski definition) is 2. The Morgan fingerprint density at radius 3 is 2.28 bits per heavy atom. The number of aromatic nitrogens is 1. The molecule has 3 aromatic rings. The summed E-state index contributed by atoms with van der Waals surface area (Å²) in [4.78, 5) is 18.0. The van der Waals surface area contributed by atoms with Crippen LogP contribution in [0.2, 0.25) is 0 Å². The van der Waals surface area contributed by atoms with E-state index in [1.807, 2.05) is 48.5 Å². The van der Waals surface area contributed by atoms with E-state index in [9.17, 15) is 4.79 Å². The van der Waals surface area contributed by atoms with E-state index >= 15 is 0 Å². The number of amides is 1. The van der Waals surface area contributed by atoms with Crippen LogP contribution >= 0.6 is 11.3 Å². The molecule has 0 bridgehead atoms. The fraction of sp³-hybridized carbons (Fsp3) is 0.200. The molecule has 0 fully saturated rings. The standard InChI is InChI=1S/C20H21N3OS/c1-20(2,21)18(24)23-19-22-17(15-11-7-4-8-12-15)16(25-19)13-14-9-5-3-6-10-14/h3-12H,13,21H2,1-2H3,(H,22,23,24). The van der Waals surface area contributed by atoms with Crippen LogP contribution in [0.25, 0.3) is 11.3 Å². The molecule has 128 valence electrons. The van der Waals surface area contributed by atoms with Crippen molar-refractivity contribution in [3.8, 4) is 11.3 Å². The lowest BCUT2D eigenvalue weighted by atomic mass is 10.1. The lowest BCUT2D eigenvalue weighted by molar-refractivity contribution is -0.120. The molecule has 0 radical (unpaired) electrons. The summed E-state index contributed by atoms with van der Waals surface area (Å²) in [6, 6.07) is 20.3. The average Bonchev–Trinajstić information content (AvgIpc) is 2.98. The summed E-state index contributed by atoms with van der Waals surface area (Å²) >= 11 is 1.50. The Hall–Kier alpha value is -2.50. The van der Waals surface area contributed by atoms with Gasteiger partial charge in [-0.05, 0) is 19.4 Å². The molecule has 4 nitrogen and oxygen atoms in total. The Kier molecular flexibility index (Phi) is 4.97. The van der Waals surface area contributed by atoms with Gasteiger partial charge in [-0.3, -0.25) is 4.79 Å². The van der Waals surface area contributed by atoms with E-state index in [1.165, 1.54) is 16.9 Å². The third kappa shape index (κ3) is 4.32. The molecule has 1 amide bonds. The second-order valence-electron chi connectivity index (χ2n) is 6.50. The molecule has 0 aliphatic carbocycles. The minimum Gasteiger partial charge on any atom is -0.318 e. The van der Waals surface area contributed by atoms with Gasteiger partial charge in [-0.1, -0.05) is 60.7 Å². The van der Waals surface area contributed by atoms with Crippen LogP contribution in [-0.2, 0) is 11.2 Å². The number of nitrogens with one attached hydrogen (secondary N) is 1. The number of carbonyl (C=O) groups excluding carboxylic acids is 1. The molecule has 1 heterocycles. The van der Waals surface area contributed by atoms with Gasteiger partial charge in [0.25, 0.3) is 0 Å². The Labute approximate surface area is 151 Å². The van der Waals surface area contributed by atoms with Crippen molar-refractivity contribution in [2.75, 3.05) is 5.32 Å². The first-order valence-corrected chi connectivity index (χ1v) is 8.94. The highest BCUT2D eigenvalue weighted by Crippen LogP contribution is 2.33. The fourth-order valence-corrected chi connectivity index (χ4v) is 3.40. The summed E-state index contributed by atoms with van der Waals surface area (Å²) in [5.41, 5.74) is 8.08. The van der Waals surface area contributed by atoms with Gasteiger partial charge in [0.2, 0.25) is 5.91 Å². The van der Waals surface area contributed by atoms with Gasteiger partial charge in [-0.2, -0.15) is 0 Å². The van der Waals surface area contributed by atoms with Gasteiger partial charge in [-0.15, -0.1) is 11.3 Å². The molecule has 3 rings (SSSR count). The number of thiazole rings is 1. The predicted molar refractivity (Wildman–Crippen MR) is 104 cm³/mol. The molecule has 0 saturated carbocycles. The van der Waals surface area contributed by atoms with Crippen molar-refractivity contribution < 1.29 is 4.79 Å². The second-order valence-corrected chi connectivity index (χ2v) is 7.58. The lowest BCUT2D eigenvalue weighted by Gasteiger charge is -2.16. The van der Waals surface area contributed by atoms with Crippen LogP contribution in [0.15, 0.2) is 60.7 Å². The van der Waals surface area contributed by atoms with Crippen LogP contribution in [0.4, 0.5) is 5.13 Å². The SMILES string of the molecule is CC(C)(N)C(=O)Nc1nc(-c2ccccc2)c(Cc2ccccc2)s1. The van der Waals surface area contributed by atoms with Crippen LogP contribution in [-0.4, -0.2) is 16.4 Å². The van der Waals surface area contributed by atoms with Crippen LogP contribution in [0.3, 0.4) is 0 Å². The number of hydrogen-bond acceptors (Lipinski definition) is 4. The number of nitrogens with two attached hydrogens (primary N) is 1. The first-order valence-electron chi connectivity index (χ1n) is 8.13. The molecule has 0 atom stereocenters. The molecular weight excluding hydrogens is 330 g/mol. The quantitative estimate of drug-likeness (QED) is 0.728. The maximum absolute atomic E-state index is 12.2. The van der Waals surface area contributed by atoms with Gasteiger partial charge in [-0.25, -0.2) is 4.98 Å². The van der Waals surface area contributed by atoms with Crippen molar-refractivity contribution in [1.82, 2.24) is 4.98 Å². The first-order chi connectivity index (χ1) is 11.9. The lowest BCUT2D eigenvalue weighted by Crippen LogP contribution is -2.45. The van der Waals surface area contributed by atoms with Crippen molar-refractivity contribution in [3.05, 3.63) is 71.1 Å². The largest absolute Gasteiger partial charge is 0.318 e. The monoisotopic (exact) mass is 351 g/mol. The zero-order chi connectivity index (χ0) is 17.9. The van der Waals surface area contributed by atoms with Gasteiger partial charge in [0.05, 0.1) is 11.2 Å². The number of rotatable bonds is 5. The van der Waals surface area contributed by atoms with Gasteiger partial charge in [0.15, 0.2) is 5.13 Å². The molecule has 2 aromatic carbocycles. The summed E-state index contributed by atoms with van der Waals surface area (Å²) in [6.07, 6.45) is 0.768. The summed E-state index contributed by atoms with van der Waals surface area (Å²) in [5, 5.41) is 3.42. The van der Waals surface area contributed by atoms with Gasteiger partial charge >= 0.3 is 0 Å². The summed E-state index contributed by atoms with van der Waals surface area (Å²) in [5.74, 6) is -0.243. The molecule has 0 spiro atoms. The Balaban J connectivity index is 1.95. The van der Waals surface area contributed by atoms with Crippen molar-refractivity contribution in [2.45, 2.75) is 25.8 Å². The fourth-order valence-electron chi connectivity index (χ4n) is 2.39. The van der Waals surface area contributed by atoms with Crippen molar-refractivity contribution >= 4 is 22.4 Å². The van der Waals surface area contributed by atoms with E-state index in [1.54, 1.807) is 13.8 Å².